The molecule has 2 heterocycles. The number of anilines is 1. The third-order valence-corrected chi connectivity index (χ3v) is 6.41. The fraction of sp³-hybridized carbons (Fsp3) is 0.364. The number of hydrogen-bond donors (Lipinski definition) is 0. The molecule has 28 heavy (non-hydrogen) atoms. The smallest absolute Gasteiger partial charge is 0.227 e. The molecule has 1 aliphatic rings. The molecule has 1 saturated heterocycles. The predicted molar refractivity (Wildman–Crippen MR) is 115 cm³/mol. The number of hydrogen-bond acceptors (Lipinski definition) is 5. The van der Waals surface area contributed by atoms with Crippen LogP contribution in [0.5, 0.6) is 5.75 Å². The van der Waals surface area contributed by atoms with Crippen LogP contribution in [-0.4, -0.2) is 49.1 Å². The van der Waals surface area contributed by atoms with Crippen LogP contribution in [0.4, 0.5) is 5.13 Å². The number of nitrogens with zero attached hydrogens (tertiary/aromatic N) is 3. The van der Waals surface area contributed by atoms with Crippen LogP contribution in [0.15, 0.2) is 36.4 Å². The van der Waals surface area contributed by atoms with E-state index in [1.807, 2.05) is 23.1 Å². The number of rotatable bonds is 4. The van der Waals surface area contributed by atoms with Crippen LogP contribution in [0.3, 0.4) is 0 Å². The van der Waals surface area contributed by atoms with Crippen molar-refractivity contribution in [1.82, 2.24) is 9.88 Å². The maximum atomic E-state index is 12.7. The summed E-state index contributed by atoms with van der Waals surface area (Å²) in [6.45, 7) is 7.27. The van der Waals surface area contributed by atoms with Crippen LogP contribution in [0, 0.1) is 13.8 Å². The first-order valence-electron chi connectivity index (χ1n) is 9.57. The van der Waals surface area contributed by atoms with Gasteiger partial charge in [-0.25, -0.2) is 4.98 Å². The molecule has 1 aromatic heterocycles. The monoisotopic (exact) mass is 395 g/mol. The molecule has 146 valence electrons. The van der Waals surface area contributed by atoms with E-state index in [9.17, 15) is 4.79 Å². The molecule has 2 aromatic carbocycles. The minimum Gasteiger partial charge on any atom is -0.497 e. The fourth-order valence-electron chi connectivity index (χ4n) is 3.62. The van der Waals surface area contributed by atoms with Crippen LogP contribution in [0.2, 0.25) is 0 Å². The molecule has 4 rings (SSSR count). The van der Waals surface area contributed by atoms with Crippen molar-refractivity contribution in [3.05, 3.63) is 53.1 Å². The largest absolute Gasteiger partial charge is 0.497 e. The molecule has 0 atom stereocenters. The van der Waals surface area contributed by atoms with E-state index in [2.05, 4.69) is 36.9 Å². The summed E-state index contributed by atoms with van der Waals surface area (Å²) in [6, 6.07) is 12.3. The Morgan fingerprint density at radius 3 is 2.61 bits per heavy atom. The summed E-state index contributed by atoms with van der Waals surface area (Å²) in [4.78, 5) is 21.7. The van der Waals surface area contributed by atoms with Crippen molar-refractivity contribution < 1.29 is 9.53 Å². The molecule has 0 bridgehead atoms. The lowest BCUT2D eigenvalue weighted by Crippen LogP contribution is -2.49. The highest BCUT2D eigenvalue weighted by Crippen LogP contribution is 2.31. The molecule has 0 spiro atoms. The topological polar surface area (TPSA) is 45.7 Å². The number of amides is 1. The van der Waals surface area contributed by atoms with Crippen molar-refractivity contribution in [1.29, 1.82) is 0 Å². The van der Waals surface area contributed by atoms with Gasteiger partial charge in [0, 0.05) is 26.2 Å². The van der Waals surface area contributed by atoms with Gasteiger partial charge in [0.15, 0.2) is 5.13 Å². The second-order valence-electron chi connectivity index (χ2n) is 7.30. The Balaban J connectivity index is 1.39. The number of carbonyl (C=O) groups is 1. The van der Waals surface area contributed by atoms with E-state index >= 15 is 0 Å². The Kier molecular flexibility index (Phi) is 5.22. The van der Waals surface area contributed by atoms with Gasteiger partial charge in [0.1, 0.15) is 5.75 Å². The van der Waals surface area contributed by atoms with Crippen LogP contribution in [0.1, 0.15) is 16.7 Å². The van der Waals surface area contributed by atoms with E-state index in [1.54, 1.807) is 18.4 Å². The number of aryl methyl sites for hydroxylation is 2. The van der Waals surface area contributed by atoms with Gasteiger partial charge in [0.25, 0.3) is 0 Å². The van der Waals surface area contributed by atoms with E-state index < -0.39 is 0 Å². The summed E-state index contributed by atoms with van der Waals surface area (Å²) in [7, 11) is 1.68. The van der Waals surface area contributed by atoms with Crippen molar-refractivity contribution in [2.24, 2.45) is 0 Å². The molecule has 1 aliphatic heterocycles. The number of fused-ring (bicyclic) bond motifs is 1. The highest BCUT2D eigenvalue weighted by atomic mass is 32.1. The van der Waals surface area contributed by atoms with Gasteiger partial charge in [-0.3, -0.25) is 4.79 Å². The molecule has 0 unspecified atom stereocenters. The summed E-state index contributed by atoms with van der Waals surface area (Å²) in [6.07, 6.45) is 0.479. The zero-order valence-corrected chi connectivity index (χ0v) is 17.4. The number of aromatic nitrogens is 1. The summed E-state index contributed by atoms with van der Waals surface area (Å²) < 4.78 is 6.43. The molecule has 5 nitrogen and oxygen atoms in total. The van der Waals surface area contributed by atoms with Crippen molar-refractivity contribution in [3.63, 3.8) is 0 Å². The first-order valence-corrected chi connectivity index (χ1v) is 10.4. The Labute approximate surface area is 169 Å². The zero-order chi connectivity index (χ0) is 19.7. The van der Waals surface area contributed by atoms with Crippen molar-refractivity contribution >= 4 is 32.6 Å². The first-order chi connectivity index (χ1) is 13.5. The van der Waals surface area contributed by atoms with Crippen LogP contribution in [0.25, 0.3) is 10.2 Å². The summed E-state index contributed by atoms with van der Waals surface area (Å²) in [5.74, 6) is 1.06. The first kappa shape index (κ1) is 18.7. The van der Waals surface area contributed by atoms with Gasteiger partial charge in [-0.15, -0.1) is 0 Å². The minimum absolute atomic E-state index is 0.209. The second kappa shape index (κ2) is 7.80. The quantitative estimate of drug-likeness (QED) is 0.674. The zero-order valence-electron chi connectivity index (χ0n) is 16.6. The Morgan fingerprint density at radius 1 is 1.11 bits per heavy atom. The maximum absolute atomic E-state index is 12.7. The highest BCUT2D eigenvalue weighted by molar-refractivity contribution is 7.22. The number of piperazine rings is 1. The van der Waals surface area contributed by atoms with Crippen molar-refractivity contribution in [2.75, 3.05) is 38.2 Å². The van der Waals surface area contributed by atoms with E-state index in [0.717, 1.165) is 52.8 Å². The third kappa shape index (κ3) is 3.83. The molecule has 0 saturated carbocycles. The second-order valence-corrected chi connectivity index (χ2v) is 8.31. The van der Waals surface area contributed by atoms with Gasteiger partial charge in [0.2, 0.25) is 5.91 Å². The lowest BCUT2D eigenvalue weighted by Gasteiger charge is -2.34. The summed E-state index contributed by atoms with van der Waals surface area (Å²) >= 11 is 1.68. The normalized spacial score (nSPS) is 14.5. The molecule has 0 N–H and O–H groups in total. The van der Waals surface area contributed by atoms with E-state index in [1.165, 1.54) is 11.1 Å². The maximum Gasteiger partial charge on any atom is 0.227 e. The van der Waals surface area contributed by atoms with Gasteiger partial charge in [-0.1, -0.05) is 35.1 Å². The Bertz CT molecular complexity index is 1010. The SMILES string of the molecule is COc1ccc2nc(N3CCN(C(=O)Cc4ccc(C)cc4C)CC3)sc2c1. The number of thiazole rings is 1. The van der Waals surface area contributed by atoms with Gasteiger partial charge in [0.05, 0.1) is 23.7 Å². The van der Waals surface area contributed by atoms with Crippen molar-refractivity contribution in [2.45, 2.75) is 20.3 Å². The molecule has 0 aliphatic carbocycles. The van der Waals surface area contributed by atoms with Gasteiger partial charge < -0.3 is 14.5 Å². The average molecular weight is 396 g/mol. The molecular formula is C22H25N3O2S. The average Bonchev–Trinajstić information content (AvgIpc) is 3.13. The summed E-state index contributed by atoms with van der Waals surface area (Å²) in [5.41, 5.74) is 4.54. The third-order valence-electron chi connectivity index (χ3n) is 5.33. The van der Waals surface area contributed by atoms with E-state index in [4.69, 9.17) is 9.72 Å². The molecule has 1 fully saturated rings. The Hall–Kier alpha value is -2.60. The molecule has 0 radical (unpaired) electrons. The number of benzene rings is 2. The molecule has 1 amide bonds. The highest BCUT2D eigenvalue weighted by Gasteiger charge is 2.23. The lowest BCUT2D eigenvalue weighted by atomic mass is 10.0. The van der Waals surface area contributed by atoms with E-state index in [0.29, 0.717) is 6.42 Å². The van der Waals surface area contributed by atoms with Crippen LogP contribution < -0.4 is 9.64 Å². The summed E-state index contributed by atoms with van der Waals surface area (Å²) in [5, 5.41) is 1.02. The van der Waals surface area contributed by atoms with Crippen LogP contribution >= 0.6 is 11.3 Å². The lowest BCUT2D eigenvalue weighted by molar-refractivity contribution is -0.130. The number of carbonyl (C=O) groups excluding carboxylic acids is 1. The van der Waals surface area contributed by atoms with Gasteiger partial charge >= 0.3 is 0 Å². The van der Waals surface area contributed by atoms with Crippen molar-refractivity contribution in [3.8, 4) is 5.75 Å². The minimum atomic E-state index is 0.209. The Morgan fingerprint density at radius 2 is 1.89 bits per heavy atom. The fourth-order valence-corrected chi connectivity index (χ4v) is 4.67. The number of ether oxygens (including phenoxy) is 1. The van der Waals surface area contributed by atoms with E-state index in [-0.39, 0.29) is 5.91 Å². The standard InChI is InChI=1S/C22H25N3O2S/c1-15-4-5-17(16(2)12-15)13-21(26)24-8-10-25(11-9-24)22-23-19-7-6-18(27-3)14-20(19)28-22/h4-7,12,14H,8-11,13H2,1-3H3. The van der Waals surface area contributed by atoms with Gasteiger partial charge in [-0.05, 0) is 43.2 Å². The molecule has 6 heteroatoms. The number of methoxy groups -OCH3 is 1. The molecular weight excluding hydrogens is 370 g/mol. The molecule has 3 aromatic rings. The van der Waals surface area contributed by atoms with Crippen LogP contribution in [-0.2, 0) is 11.2 Å². The van der Waals surface area contributed by atoms with Gasteiger partial charge in [-0.2, -0.15) is 0 Å². The predicted octanol–water partition coefficient (Wildman–Crippen LogP) is 3.81.